The van der Waals surface area contributed by atoms with Crippen molar-refractivity contribution in [1.82, 2.24) is 4.57 Å². The highest BCUT2D eigenvalue weighted by molar-refractivity contribution is 9.10. The Morgan fingerprint density at radius 2 is 1.88 bits per heavy atom. The van der Waals surface area contributed by atoms with Crippen molar-refractivity contribution in [2.75, 3.05) is 0 Å². The third kappa shape index (κ3) is 2.44. The minimum absolute atomic E-state index is 0.0820. The van der Waals surface area contributed by atoms with Crippen molar-refractivity contribution < 1.29 is 0 Å². The van der Waals surface area contributed by atoms with Gasteiger partial charge in [0, 0.05) is 38.3 Å². The minimum atomic E-state index is 0.0820. The van der Waals surface area contributed by atoms with Crippen molar-refractivity contribution in [2.45, 2.75) is 20.4 Å². The predicted molar refractivity (Wildman–Crippen MR) is 71.3 cm³/mol. The van der Waals surface area contributed by atoms with Crippen LogP contribution in [-0.4, -0.2) is 4.57 Å². The number of pyridine rings is 1. The van der Waals surface area contributed by atoms with Gasteiger partial charge in [0.2, 0.25) is 0 Å². The maximum absolute atomic E-state index is 11.3. The Morgan fingerprint density at radius 1 is 1.25 bits per heavy atom. The van der Waals surface area contributed by atoms with E-state index in [0.29, 0.717) is 0 Å². The molecule has 2 aromatic heterocycles. The van der Waals surface area contributed by atoms with E-state index in [2.05, 4.69) is 31.9 Å². The molecule has 0 fully saturated rings. The summed E-state index contributed by atoms with van der Waals surface area (Å²) >= 11 is 5.17. The van der Waals surface area contributed by atoms with Crippen LogP contribution in [0.1, 0.15) is 16.3 Å². The van der Waals surface area contributed by atoms with Crippen molar-refractivity contribution in [3.8, 4) is 0 Å². The van der Waals surface area contributed by atoms with Crippen LogP contribution in [0.2, 0.25) is 0 Å². The van der Waals surface area contributed by atoms with Crippen molar-refractivity contribution in [3.05, 3.63) is 54.5 Å². The van der Waals surface area contributed by atoms with E-state index in [1.807, 2.05) is 13.8 Å². The average molecular weight is 298 g/mol. The first-order valence-electron chi connectivity index (χ1n) is 4.97. The summed E-state index contributed by atoms with van der Waals surface area (Å²) in [6.07, 6.45) is 0. The minimum Gasteiger partial charge on any atom is -0.344 e. The highest BCUT2D eigenvalue weighted by atomic mass is 79.9. The Balaban J connectivity index is 2.38. The largest absolute Gasteiger partial charge is 0.344 e. The molecule has 0 saturated heterocycles. The molecule has 4 heteroatoms. The van der Waals surface area contributed by atoms with Gasteiger partial charge in [-0.25, -0.2) is 0 Å². The molecule has 0 saturated carbocycles. The maximum atomic E-state index is 11.3. The zero-order valence-electron chi connectivity index (χ0n) is 9.16. The second-order valence-electron chi connectivity index (χ2n) is 3.79. The molecule has 2 heterocycles. The summed E-state index contributed by atoms with van der Waals surface area (Å²) in [6.45, 7) is 4.77. The van der Waals surface area contributed by atoms with Gasteiger partial charge < -0.3 is 4.57 Å². The molecule has 0 aromatic carbocycles. The Labute approximate surface area is 107 Å². The lowest BCUT2D eigenvalue weighted by molar-refractivity contribution is 0.736. The number of halogens is 1. The SMILES string of the molecule is Cc1cc(=O)cc(C)n1Cc1cc(Br)cs1. The summed E-state index contributed by atoms with van der Waals surface area (Å²) in [6, 6.07) is 5.47. The Bertz CT molecular complexity index is 544. The van der Waals surface area contributed by atoms with E-state index in [9.17, 15) is 4.79 Å². The lowest BCUT2D eigenvalue weighted by Gasteiger charge is -2.12. The summed E-state index contributed by atoms with van der Waals surface area (Å²) in [5, 5.41) is 2.07. The van der Waals surface area contributed by atoms with Crippen LogP contribution in [0.4, 0.5) is 0 Å². The van der Waals surface area contributed by atoms with E-state index >= 15 is 0 Å². The normalized spacial score (nSPS) is 10.7. The van der Waals surface area contributed by atoms with Crippen molar-refractivity contribution >= 4 is 27.3 Å². The molecule has 2 aromatic rings. The lowest BCUT2D eigenvalue weighted by atomic mass is 10.3. The van der Waals surface area contributed by atoms with Gasteiger partial charge >= 0.3 is 0 Å². The Morgan fingerprint density at radius 3 is 2.38 bits per heavy atom. The molecule has 0 bridgehead atoms. The van der Waals surface area contributed by atoms with Crippen LogP contribution in [0.5, 0.6) is 0 Å². The van der Waals surface area contributed by atoms with E-state index in [1.54, 1.807) is 23.5 Å². The van der Waals surface area contributed by atoms with Crippen molar-refractivity contribution in [1.29, 1.82) is 0 Å². The van der Waals surface area contributed by atoms with Crippen LogP contribution >= 0.6 is 27.3 Å². The van der Waals surface area contributed by atoms with Gasteiger partial charge in [-0.05, 0) is 35.8 Å². The molecule has 0 aliphatic rings. The van der Waals surface area contributed by atoms with Gasteiger partial charge in [-0.3, -0.25) is 4.79 Å². The van der Waals surface area contributed by atoms with Crippen LogP contribution in [-0.2, 0) is 6.54 Å². The van der Waals surface area contributed by atoms with E-state index in [1.165, 1.54) is 4.88 Å². The number of aryl methyl sites for hydroxylation is 2. The third-order valence-corrected chi connectivity index (χ3v) is 4.17. The molecule has 0 atom stereocenters. The van der Waals surface area contributed by atoms with E-state index in [4.69, 9.17) is 0 Å². The number of rotatable bonds is 2. The molecule has 2 nitrogen and oxygen atoms in total. The smallest absolute Gasteiger partial charge is 0.182 e. The molecular formula is C12H12BrNOS. The fraction of sp³-hybridized carbons (Fsp3) is 0.250. The summed E-state index contributed by atoms with van der Waals surface area (Å²) in [5.41, 5.74) is 2.10. The second-order valence-corrected chi connectivity index (χ2v) is 5.70. The number of hydrogen-bond donors (Lipinski definition) is 0. The molecule has 0 amide bonds. The molecule has 0 unspecified atom stereocenters. The second kappa shape index (κ2) is 4.55. The van der Waals surface area contributed by atoms with E-state index < -0.39 is 0 Å². The first-order valence-corrected chi connectivity index (χ1v) is 6.64. The first-order chi connectivity index (χ1) is 7.56. The number of hydrogen-bond acceptors (Lipinski definition) is 2. The molecule has 0 radical (unpaired) electrons. The van der Waals surface area contributed by atoms with Crippen molar-refractivity contribution in [2.24, 2.45) is 0 Å². The molecule has 0 N–H and O–H groups in total. The zero-order chi connectivity index (χ0) is 11.7. The van der Waals surface area contributed by atoms with Crippen LogP contribution in [0, 0.1) is 13.8 Å². The monoisotopic (exact) mass is 297 g/mol. The van der Waals surface area contributed by atoms with E-state index in [-0.39, 0.29) is 5.43 Å². The van der Waals surface area contributed by atoms with Gasteiger partial charge in [0.25, 0.3) is 0 Å². The molecule has 2 rings (SSSR count). The van der Waals surface area contributed by atoms with Crippen LogP contribution < -0.4 is 5.43 Å². The molecule has 0 aliphatic carbocycles. The Hall–Kier alpha value is -0.870. The van der Waals surface area contributed by atoms with Gasteiger partial charge in [-0.1, -0.05) is 0 Å². The first kappa shape index (κ1) is 11.6. The van der Waals surface area contributed by atoms with Gasteiger partial charge in [0.1, 0.15) is 0 Å². The molecular weight excluding hydrogens is 286 g/mol. The van der Waals surface area contributed by atoms with Crippen LogP contribution in [0.25, 0.3) is 0 Å². The Kier molecular flexibility index (Phi) is 3.30. The quantitative estimate of drug-likeness (QED) is 0.833. The molecule has 16 heavy (non-hydrogen) atoms. The third-order valence-electron chi connectivity index (χ3n) is 2.49. The average Bonchev–Trinajstić information content (AvgIpc) is 2.58. The summed E-state index contributed by atoms with van der Waals surface area (Å²) in [4.78, 5) is 12.6. The van der Waals surface area contributed by atoms with Crippen molar-refractivity contribution in [3.63, 3.8) is 0 Å². The molecule has 84 valence electrons. The standard InChI is InChI=1S/C12H12BrNOS/c1-8-3-11(15)4-9(2)14(8)6-12-5-10(13)7-16-12/h3-5,7H,6H2,1-2H3. The molecule has 0 spiro atoms. The van der Waals surface area contributed by atoms with Crippen LogP contribution in [0.15, 0.2) is 32.8 Å². The molecule has 0 aliphatic heterocycles. The maximum Gasteiger partial charge on any atom is 0.182 e. The van der Waals surface area contributed by atoms with Gasteiger partial charge in [0.05, 0.1) is 6.54 Å². The van der Waals surface area contributed by atoms with Gasteiger partial charge in [0.15, 0.2) is 5.43 Å². The zero-order valence-corrected chi connectivity index (χ0v) is 11.6. The summed E-state index contributed by atoms with van der Waals surface area (Å²) < 4.78 is 3.27. The summed E-state index contributed by atoms with van der Waals surface area (Å²) in [7, 11) is 0. The highest BCUT2D eigenvalue weighted by Crippen LogP contribution is 2.21. The number of aromatic nitrogens is 1. The predicted octanol–water partition coefficient (Wildman–Crippen LogP) is 3.34. The fourth-order valence-corrected chi connectivity index (χ4v) is 3.17. The lowest BCUT2D eigenvalue weighted by Crippen LogP contribution is -2.13. The van der Waals surface area contributed by atoms with Crippen LogP contribution in [0.3, 0.4) is 0 Å². The summed E-state index contributed by atoms with van der Waals surface area (Å²) in [5.74, 6) is 0. The van der Waals surface area contributed by atoms with E-state index in [0.717, 1.165) is 22.4 Å². The fourth-order valence-electron chi connectivity index (χ4n) is 1.73. The van der Waals surface area contributed by atoms with Gasteiger partial charge in [-0.2, -0.15) is 0 Å². The highest BCUT2D eigenvalue weighted by Gasteiger charge is 2.04. The number of nitrogens with zero attached hydrogens (tertiary/aromatic N) is 1. The topological polar surface area (TPSA) is 22.0 Å². The van der Waals surface area contributed by atoms with Gasteiger partial charge in [-0.15, -0.1) is 11.3 Å². The number of thiophene rings is 1.